The smallest absolute Gasteiger partial charge is 0.298 e. The summed E-state index contributed by atoms with van der Waals surface area (Å²) < 4.78 is 37.1. The maximum atomic E-state index is 12.4. The number of thioether (sulfide) groups is 1. The van der Waals surface area contributed by atoms with Gasteiger partial charge in [-0.15, -0.1) is 11.6 Å². The van der Waals surface area contributed by atoms with Crippen LogP contribution >= 0.6 is 23.4 Å². The number of benzene rings is 1. The third-order valence-electron chi connectivity index (χ3n) is 2.05. The summed E-state index contributed by atoms with van der Waals surface area (Å²) in [6, 6.07) is 3.28. The number of nitro groups is 1. The van der Waals surface area contributed by atoms with Crippen LogP contribution < -0.4 is 0 Å². The van der Waals surface area contributed by atoms with E-state index in [0.717, 1.165) is 18.2 Å². The second kappa shape index (κ2) is 6.25. The Morgan fingerprint density at radius 3 is 2.53 bits per heavy atom. The molecule has 19 heavy (non-hydrogen) atoms. The molecule has 0 atom stereocenters. The molecule has 4 nitrogen and oxygen atoms in total. The standard InChI is InChI=1S/C10H7ClF3NO3S/c11-5-6(16)4-7-8(15(17)18)2-1-3-9(7)19-10(12,13)14/h1-3H,4-5H2. The minimum absolute atomic E-state index is 0.263. The number of hydrogen-bond donors (Lipinski definition) is 0. The van der Waals surface area contributed by atoms with E-state index in [-0.39, 0.29) is 10.5 Å². The maximum Gasteiger partial charge on any atom is 0.446 e. The number of nitro benzene ring substituents is 1. The lowest BCUT2D eigenvalue weighted by Crippen LogP contribution is -2.09. The molecule has 0 unspecified atom stereocenters. The summed E-state index contributed by atoms with van der Waals surface area (Å²) in [5.41, 5.74) is -5.37. The van der Waals surface area contributed by atoms with E-state index < -0.39 is 46.0 Å². The van der Waals surface area contributed by atoms with E-state index in [1.807, 2.05) is 0 Å². The van der Waals surface area contributed by atoms with Crippen LogP contribution in [0.1, 0.15) is 5.56 Å². The first-order chi connectivity index (χ1) is 8.74. The van der Waals surface area contributed by atoms with Gasteiger partial charge in [0.2, 0.25) is 0 Å². The van der Waals surface area contributed by atoms with Crippen molar-refractivity contribution in [3.05, 3.63) is 33.9 Å². The first-order valence-corrected chi connectivity index (χ1v) is 6.19. The van der Waals surface area contributed by atoms with Crippen molar-refractivity contribution < 1.29 is 22.9 Å². The molecule has 1 aromatic carbocycles. The summed E-state index contributed by atoms with van der Waals surface area (Å²) in [5, 5.41) is 10.8. The number of carbonyl (C=O) groups is 1. The Morgan fingerprint density at radius 2 is 2.05 bits per heavy atom. The molecule has 0 N–H and O–H groups in total. The summed E-state index contributed by atoms with van der Waals surface area (Å²) in [6.45, 7) is 0. The van der Waals surface area contributed by atoms with Crippen molar-refractivity contribution in [3.63, 3.8) is 0 Å². The van der Waals surface area contributed by atoms with Gasteiger partial charge < -0.3 is 0 Å². The summed E-state index contributed by atoms with van der Waals surface area (Å²) in [4.78, 5) is 20.8. The monoisotopic (exact) mass is 313 g/mol. The Balaban J connectivity index is 3.25. The highest BCUT2D eigenvalue weighted by molar-refractivity contribution is 8.00. The highest BCUT2D eigenvalue weighted by Gasteiger charge is 2.32. The van der Waals surface area contributed by atoms with Crippen LogP contribution in [0, 0.1) is 10.1 Å². The van der Waals surface area contributed by atoms with Gasteiger partial charge in [-0.25, -0.2) is 0 Å². The second-order valence-corrected chi connectivity index (χ2v) is 4.78. The van der Waals surface area contributed by atoms with Gasteiger partial charge in [-0.05, 0) is 17.8 Å². The quantitative estimate of drug-likeness (QED) is 0.361. The number of hydrogen-bond acceptors (Lipinski definition) is 4. The van der Waals surface area contributed by atoms with Crippen LogP contribution in [0.5, 0.6) is 0 Å². The molecule has 0 saturated carbocycles. The molecule has 0 bridgehead atoms. The lowest BCUT2D eigenvalue weighted by atomic mass is 10.1. The van der Waals surface area contributed by atoms with E-state index in [0.29, 0.717) is 0 Å². The Labute approximate surface area is 115 Å². The van der Waals surface area contributed by atoms with Crippen LogP contribution in [0.3, 0.4) is 0 Å². The highest BCUT2D eigenvalue weighted by Crippen LogP contribution is 2.41. The molecule has 1 aromatic rings. The molecule has 0 saturated heterocycles. The fourth-order valence-corrected chi connectivity index (χ4v) is 2.16. The van der Waals surface area contributed by atoms with E-state index in [4.69, 9.17) is 11.6 Å². The molecular formula is C10H7ClF3NO3S. The molecule has 1 rings (SSSR count). The normalized spacial score (nSPS) is 11.4. The lowest BCUT2D eigenvalue weighted by molar-refractivity contribution is -0.385. The molecule has 0 aliphatic rings. The topological polar surface area (TPSA) is 60.2 Å². The van der Waals surface area contributed by atoms with Crippen molar-refractivity contribution in [3.8, 4) is 0 Å². The van der Waals surface area contributed by atoms with Crippen molar-refractivity contribution in [2.45, 2.75) is 16.8 Å². The van der Waals surface area contributed by atoms with Gasteiger partial charge in [0.25, 0.3) is 5.69 Å². The van der Waals surface area contributed by atoms with E-state index in [2.05, 4.69) is 0 Å². The summed E-state index contributed by atoms with van der Waals surface area (Å²) >= 11 is 4.78. The number of carbonyl (C=O) groups excluding carboxylic acids is 1. The number of rotatable bonds is 5. The van der Waals surface area contributed by atoms with Crippen LogP contribution in [0.4, 0.5) is 18.9 Å². The average Bonchev–Trinajstić information content (AvgIpc) is 2.28. The predicted octanol–water partition coefficient (Wildman–Crippen LogP) is 3.56. The minimum atomic E-state index is -4.59. The Bertz CT molecular complexity index is 507. The van der Waals surface area contributed by atoms with Gasteiger partial charge in [-0.3, -0.25) is 14.9 Å². The lowest BCUT2D eigenvalue weighted by Gasteiger charge is -2.10. The molecule has 0 aliphatic heterocycles. The Morgan fingerprint density at radius 1 is 1.42 bits per heavy atom. The second-order valence-electron chi connectivity index (χ2n) is 3.41. The van der Waals surface area contributed by atoms with Crippen LogP contribution in [0.2, 0.25) is 0 Å². The van der Waals surface area contributed by atoms with Crippen molar-refractivity contribution in [1.29, 1.82) is 0 Å². The number of ketones is 1. The number of halogens is 4. The van der Waals surface area contributed by atoms with E-state index in [9.17, 15) is 28.1 Å². The van der Waals surface area contributed by atoms with Gasteiger partial charge in [0.15, 0.2) is 5.78 Å². The van der Waals surface area contributed by atoms with Gasteiger partial charge in [-0.2, -0.15) is 13.2 Å². The van der Waals surface area contributed by atoms with Gasteiger partial charge in [0.05, 0.1) is 16.4 Å². The van der Waals surface area contributed by atoms with Crippen LogP contribution in [0.15, 0.2) is 23.1 Å². The summed E-state index contributed by atoms with van der Waals surface area (Å²) in [7, 11) is 0. The Kier molecular flexibility index (Phi) is 5.19. The van der Waals surface area contributed by atoms with E-state index in [1.165, 1.54) is 0 Å². The molecular weight excluding hydrogens is 307 g/mol. The van der Waals surface area contributed by atoms with E-state index >= 15 is 0 Å². The molecule has 0 fully saturated rings. The van der Waals surface area contributed by atoms with Gasteiger partial charge >= 0.3 is 5.51 Å². The van der Waals surface area contributed by atoms with Crippen molar-refractivity contribution in [1.82, 2.24) is 0 Å². The highest BCUT2D eigenvalue weighted by atomic mass is 35.5. The molecule has 0 aromatic heterocycles. The van der Waals surface area contributed by atoms with Crippen LogP contribution in [-0.2, 0) is 11.2 Å². The third kappa shape index (κ3) is 4.71. The summed E-state index contributed by atoms with van der Waals surface area (Å²) in [5.74, 6) is -0.998. The summed E-state index contributed by atoms with van der Waals surface area (Å²) in [6.07, 6.45) is -0.501. The van der Waals surface area contributed by atoms with Crippen molar-refractivity contribution >= 4 is 34.8 Å². The molecule has 0 aliphatic carbocycles. The number of nitrogens with zero attached hydrogens (tertiary/aromatic N) is 1. The van der Waals surface area contributed by atoms with E-state index in [1.54, 1.807) is 0 Å². The SMILES string of the molecule is O=C(CCl)Cc1c(SC(F)(F)F)cccc1[N+](=O)[O-]. The number of alkyl halides is 4. The molecule has 0 amide bonds. The molecule has 104 valence electrons. The molecule has 0 radical (unpaired) electrons. The minimum Gasteiger partial charge on any atom is -0.298 e. The number of Topliss-reactive ketones (excluding diaryl/α,β-unsaturated/α-hetero) is 1. The molecule has 0 heterocycles. The third-order valence-corrected chi connectivity index (χ3v) is 3.19. The largest absolute Gasteiger partial charge is 0.446 e. The molecule has 0 spiro atoms. The van der Waals surface area contributed by atoms with Gasteiger partial charge in [-0.1, -0.05) is 6.07 Å². The zero-order chi connectivity index (χ0) is 14.6. The van der Waals surface area contributed by atoms with Crippen LogP contribution in [0.25, 0.3) is 0 Å². The zero-order valence-corrected chi connectivity index (χ0v) is 10.8. The van der Waals surface area contributed by atoms with Crippen molar-refractivity contribution in [2.75, 3.05) is 5.88 Å². The predicted molar refractivity (Wildman–Crippen MR) is 64.4 cm³/mol. The zero-order valence-electron chi connectivity index (χ0n) is 9.24. The van der Waals surface area contributed by atoms with Crippen molar-refractivity contribution in [2.24, 2.45) is 0 Å². The van der Waals surface area contributed by atoms with Gasteiger partial charge in [0, 0.05) is 17.4 Å². The molecule has 9 heteroatoms. The average molecular weight is 314 g/mol. The fraction of sp³-hybridized carbons (Fsp3) is 0.300. The Hall–Kier alpha value is -1.28. The first kappa shape index (κ1) is 15.8. The first-order valence-electron chi connectivity index (χ1n) is 4.84. The van der Waals surface area contributed by atoms with Crippen LogP contribution in [-0.4, -0.2) is 22.1 Å². The van der Waals surface area contributed by atoms with Gasteiger partial charge in [0.1, 0.15) is 0 Å². The fourth-order valence-electron chi connectivity index (χ4n) is 1.37. The maximum absolute atomic E-state index is 12.4.